The van der Waals surface area contributed by atoms with Crippen LogP contribution in [0.25, 0.3) is 6.08 Å². The molecule has 3 rings (SSSR count). The molecule has 0 N–H and O–H groups in total. The average molecular weight is 355 g/mol. The largest absolute Gasteiger partial charge is 0.298 e. The molecule has 3 aromatic carbocycles. The molecule has 0 aromatic heterocycles. The summed E-state index contributed by atoms with van der Waals surface area (Å²) >= 11 is 0. The van der Waals surface area contributed by atoms with E-state index >= 15 is 0 Å². The first-order valence-corrected chi connectivity index (χ1v) is 9.22. The van der Waals surface area contributed by atoms with Crippen molar-refractivity contribution in [3.05, 3.63) is 113 Å². The maximum Gasteiger partial charge on any atom is 0.190 e. The molecule has 0 spiro atoms. The monoisotopic (exact) mass is 355 g/mol. The van der Waals surface area contributed by atoms with Crippen molar-refractivity contribution in [3.63, 3.8) is 0 Å². The highest BCUT2D eigenvalue weighted by Crippen LogP contribution is 2.17. The van der Waals surface area contributed by atoms with Gasteiger partial charge in [-0.1, -0.05) is 84.9 Å². The third-order valence-electron chi connectivity index (χ3n) is 4.58. The van der Waals surface area contributed by atoms with Crippen LogP contribution in [-0.2, 0) is 6.54 Å². The Morgan fingerprint density at radius 3 is 2.11 bits per heavy atom. The van der Waals surface area contributed by atoms with Crippen molar-refractivity contribution in [2.24, 2.45) is 0 Å². The molecular formula is C25H25NO. The van der Waals surface area contributed by atoms with Gasteiger partial charge in [0, 0.05) is 24.2 Å². The number of likely N-dealkylation sites (N-methyl/N-ethyl adjacent to an activating group) is 1. The average Bonchev–Trinajstić information content (AvgIpc) is 2.70. The highest BCUT2D eigenvalue weighted by Gasteiger charge is 2.15. The van der Waals surface area contributed by atoms with E-state index in [9.17, 15) is 4.79 Å². The van der Waals surface area contributed by atoms with Crippen molar-refractivity contribution in [1.29, 1.82) is 0 Å². The van der Waals surface area contributed by atoms with Crippen LogP contribution >= 0.6 is 0 Å². The highest BCUT2D eigenvalue weighted by atomic mass is 16.1. The van der Waals surface area contributed by atoms with Gasteiger partial charge in [-0.2, -0.15) is 0 Å². The number of rotatable bonds is 7. The van der Waals surface area contributed by atoms with Gasteiger partial charge in [-0.3, -0.25) is 9.69 Å². The van der Waals surface area contributed by atoms with Crippen LogP contribution in [0.2, 0.25) is 0 Å². The molecule has 0 atom stereocenters. The Morgan fingerprint density at radius 1 is 0.852 bits per heavy atom. The summed E-state index contributed by atoms with van der Waals surface area (Å²) in [7, 11) is 2.05. The van der Waals surface area contributed by atoms with E-state index in [1.54, 1.807) is 0 Å². The van der Waals surface area contributed by atoms with Gasteiger partial charge in [0.25, 0.3) is 0 Å². The zero-order valence-corrected chi connectivity index (χ0v) is 15.9. The molecule has 0 saturated heterocycles. The smallest absolute Gasteiger partial charge is 0.190 e. The van der Waals surface area contributed by atoms with E-state index in [0.29, 0.717) is 6.54 Å². The highest BCUT2D eigenvalue weighted by molar-refractivity contribution is 6.11. The minimum atomic E-state index is 0.0822. The second-order valence-electron chi connectivity index (χ2n) is 6.88. The second kappa shape index (κ2) is 9.11. The molecule has 0 saturated carbocycles. The molecule has 0 aliphatic rings. The third-order valence-corrected chi connectivity index (χ3v) is 4.58. The first-order valence-electron chi connectivity index (χ1n) is 9.22. The lowest BCUT2D eigenvalue weighted by atomic mass is 9.98. The first kappa shape index (κ1) is 18.8. The number of hydrogen-bond acceptors (Lipinski definition) is 2. The third kappa shape index (κ3) is 5.25. The van der Waals surface area contributed by atoms with Crippen LogP contribution in [0.15, 0.2) is 90.5 Å². The molecule has 3 aromatic rings. The SMILES string of the molecule is Cc1ccccc1/C=C(\CN(C)Cc1ccccc1)C(=O)c1ccccc1. The summed E-state index contributed by atoms with van der Waals surface area (Å²) in [5, 5.41) is 0. The second-order valence-corrected chi connectivity index (χ2v) is 6.88. The fourth-order valence-electron chi connectivity index (χ4n) is 3.14. The zero-order chi connectivity index (χ0) is 19.1. The van der Waals surface area contributed by atoms with Crippen LogP contribution in [0.4, 0.5) is 0 Å². The molecule has 27 heavy (non-hydrogen) atoms. The fourth-order valence-corrected chi connectivity index (χ4v) is 3.14. The lowest BCUT2D eigenvalue weighted by Gasteiger charge is -2.19. The van der Waals surface area contributed by atoms with Crippen LogP contribution in [0, 0.1) is 6.92 Å². The molecule has 136 valence electrons. The lowest BCUT2D eigenvalue weighted by Crippen LogP contribution is -2.24. The van der Waals surface area contributed by atoms with Crippen molar-refractivity contribution in [2.45, 2.75) is 13.5 Å². The van der Waals surface area contributed by atoms with E-state index in [4.69, 9.17) is 0 Å². The van der Waals surface area contributed by atoms with E-state index in [1.165, 1.54) is 11.1 Å². The molecule has 0 radical (unpaired) electrons. The number of carbonyl (C=O) groups is 1. The van der Waals surface area contributed by atoms with Gasteiger partial charge in [-0.25, -0.2) is 0 Å². The van der Waals surface area contributed by atoms with Crippen LogP contribution in [0.3, 0.4) is 0 Å². The number of nitrogens with zero attached hydrogens (tertiary/aromatic N) is 1. The maximum absolute atomic E-state index is 13.2. The molecule has 2 nitrogen and oxygen atoms in total. The van der Waals surface area contributed by atoms with Crippen LogP contribution in [-0.4, -0.2) is 24.3 Å². The van der Waals surface area contributed by atoms with Crippen molar-refractivity contribution >= 4 is 11.9 Å². The minimum absolute atomic E-state index is 0.0822. The molecule has 0 bridgehead atoms. The van der Waals surface area contributed by atoms with Gasteiger partial charge >= 0.3 is 0 Å². The Morgan fingerprint density at radius 2 is 1.44 bits per heavy atom. The molecule has 0 aliphatic heterocycles. The number of benzene rings is 3. The normalized spacial score (nSPS) is 11.6. The summed E-state index contributed by atoms with van der Waals surface area (Å²) in [6.45, 7) is 3.47. The molecule has 0 amide bonds. The summed E-state index contributed by atoms with van der Waals surface area (Å²) in [6, 6.07) is 28.0. The van der Waals surface area contributed by atoms with Crippen molar-refractivity contribution in [3.8, 4) is 0 Å². The Bertz CT molecular complexity index is 913. The molecule has 0 fully saturated rings. The van der Waals surface area contributed by atoms with Gasteiger partial charge in [0.1, 0.15) is 0 Å². The molecule has 2 heteroatoms. The standard InChI is InChI=1S/C25H25NO/c1-20-11-9-10-16-23(20)17-24(25(27)22-14-7-4-8-15-22)19-26(2)18-21-12-5-3-6-13-21/h3-17H,18-19H2,1-2H3/b24-17+. The lowest BCUT2D eigenvalue weighted by molar-refractivity contribution is 0.102. The molecular weight excluding hydrogens is 330 g/mol. The van der Waals surface area contributed by atoms with E-state index in [0.717, 1.165) is 23.2 Å². The Labute approximate surface area is 161 Å². The summed E-state index contributed by atoms with van der Waals surface area (Å²) in [6.07, 6.45) is 2.03. The first-order chi connectivity index (χ1) is 13.1. The van der Waals surface area contributed by atoms with Crippen molar-refractivity contribution in [1.82, 2.24) is 4.90 Å². The quantitative estimate of drug-likeness (QED) is 0.418. The van der Waals surface area contributed by atoms with Gasteiger partial charge in [-0.15, -0.1) is 0 Å². The fraction of sp³-hybridized carbons (Fsp3) is 0.160. The molecule has 0 unspecified atom stereocenters. The van der Waals surface area contributed by atoms with Gasteiger partial charge in [0.2, 0.25) is 0 Å². The number of aryl methyl sites for hydroxylation is 1. The predicted molar refractivity (Wildman–Crippen MR) is 113 cm³/mol. The van der Waals surface area contributed by atoms with E-state index in [1.807, 2.05) is 66.7 Å². The van der Waals surface area contributed by atoms with Gasteiger partial charge in [0.05, 0.1) is 0 Å². The molecule has 0 aliphatic carbocycles. The van der Waals surface area contributed by atoms with E-state index in [2.05, 4.69) is 43.1 Å². The van der Waals surface area contributed by atoms with Crippen LogP contribution < -0.4 is 0 Å². The Balaban J connectivity index is 1.88. The van der Waals surface area contributed by atoms with Crippen molar-refractivity contribution < 1.29 is 4.79 Å². The Hall–Kier alpha value is -2.97. The number of hydrogen-bond donors (Lipinski definition) is 0. The predicted octanol–water partition coefficient (Wildman–Crippen LogP) is 5.39. The van der Waals surface area contributed by atoms with Gasteiger partial charge in [-0.05, 0) is 36.7 Å². The van der Waals surface area contributed by atoms with Gasteiger partial charge in [0.15, 0.2) is 5.78 Å². The number of carbonyl (C=O) groups excluding carboxylic acids is 1. The zero-order valence-electron chi connectivity index (χ0n) is 15.9. The van der Waals surface area contributed by atoms with Crippen molar-refractivity contribution in [2.75, 3.05) is 13.6 Å². The van der Waals surface area contributed by atoms with Gasteiger partial charge < -0.3 is 0 Å². The van der Waals surface area contributed by atoms with E-state index < -0.39 is 0 Å². The van der Waals surface area contributed by atoms with Crippen LogP contribution in [0.5, 0.6) is 0 Å². The molecule has 0 heterocycles. The Kier molecular flexibility index (Phi) is 6.35. The minimum Gasteiger partial charge on any atom is -0.298 e. The summed E-state index contributed by atoms with van der Waals surface area (Å²) in [5.41, 5.74) is 5.02. The van der Waals surface area contributed by atoms with E-state index in [-0.39, 0.29) is 5.78 Å². The summed E-state index contributed by atoms with van der Waals surface area (Å²) in [4.78, 5) is 15.3. The summed E-state index contributed by atoms with van der Waals surface area (Å²) < 4.78 is 0. The number of Topliss-reactive ketones (excluding diaryl/α,β-unsaturated/α-hetero) is 1. The summed E-state index contributed by atoms with van der Waals surface area (Å²) in [5.74, 6) is 0.0822. The topological polar surface area (TPSA) is 20.3 Å². The van der Waals surface area contributed by atoms with Crippen LogP contribution in [0.1, 0.15) is 27.0 Å². The maximum atomic E-state index is 13.2. The number of ketones is 1.